The second kappa shape index (κ2) is 10.1. The molecule has 2 saturated carbocycles. The molecule has 1 aromatic heterocycles. The lowest BCUT2D eigenvalue weighted by Gasteiger charge is -2.35. The fourth-order valence-corrected chi connectivity index (χ4v) is 5.99. The number of nitrogens with zero attached hydrogens (tertiary/aromatic N) is 3. The first kappa shape index (κ1) is 22.9. The van der Waals surface area contributed by atoms with E-state index in [1.165, 1.54) is 32.1 Å². The summed E-state index contributed by atoms with van der Waals surface area (Å²) in [5, 5.41) is 3.59. The van der Waals surface area contributed by atoms with E-state index in [1.54, 1.807) is 25.3 Å². The number of pyridine rings is 1. The number of aromatic nitrogens is 1. The molecule has 1 aromatic rings. The molecule has 0 radical (unpaired) electrons. The lowest BCUT2D eigenvalue weighted by atomic mass is 9.74. The van der Waals surface area contributed by atoms with Gasteiger partial charge in [-0.1, -0.05) is 44.9 Å². The van der Waals surface area contributed by atoms with Gasteiger partial charge in [-0.2, -0.15) is 0 Å². The number of carbonyl (C=O) groups is 1. The van der Waals surface area contributed by atoms with Crippen molar-refractivity contribution in [3.63, 3.8) is 0 Å². The van der Waals surface area contributed by atoms with Crippen LogP contribution in [0.15, 0.2) is 23.3 Å². The molecule has 2 aliphatic carbocycles. The van der Waals surface area contributed by atoms with E-state index < -0.39 is 5.54 Å². The number of carbonyl (C=O) groups excluding carboxylic acids is 1. The van der Waals surface area contributed by atoms with Gasteiger partial charge in [0.05, 0.1) is 7.11 Å². The maximum atomic E-state index is 13.3. The van der Waals surface area contributed by atoms with Gasteiger partial charge in [0.25, 0.3) is 5.91 Å². The van der Waals surface area contributed by atoms with Crippen molar-refractivity contribution in [2.75, 3.05) is 19.5 Å². The molecular weight excluding hydrogens is 402 g/mol. The standard InChI is InChI=1S/C25H39N5O2/c1-30-23(31)25(29-24(30)26,13-11-18-7-4-3-5-8-18)17-19-9-6-10-20(15-19)28-22-16-21(32-2)12-14-27-22/h12,14,16,18-20H,3-11,13,15,17H2,1-2H3,(H2,26,29)(H,27,28)/t19-,20+,25+/m0/s1. The van der Waals surface area contributed by atoms with Crippen molar-refractivity contribution in [2.45, 2.75) is 88.6 Å². The molecule has 3 N–H and O–H groups in total. The highest BCUT2D eigenvalue weighted by atomic mass is 16.5. The summed E-state index contributed by atoms with van der Waals surface area (Å²) in [6, 6.07) is 4.14. The average Bonchev–Trinajstić information content (AvgIpc) is 3.02. The molecule has 176 valence electrons. The van der Waals surface area contributed by atoms with Crippen molar-refractivity contribution in [1.82, 2.24) is 9.88 Å². The van der Waals surface area contributed by atoms with Gasteiger partial charge >= 0.3 is 0 Å². The summed E-state index contributed by atoms with van der Waals surface area (Å²) in [6.45, 7) is 0. The Bertz CT molecular complexity index is 822. The highest BCUT2D eigenvalue weighted by Gasteiger charge is 2.48. The Labute approximate surface area is 192 Å². The lowest BCUT2D eigenvalue weighted by molar-refractivity contribution is -0.131. The Morgan fingerprint density at radius 2 is 1.97 bits per heavy atom. The molecule has 0 saturated heterocycles. The van der Waals surface area contributed by atoms with Crippen LogP contribution >= 0.6 is 0 Å². The molecule has 0 unspecified atom stereocenters. The van der Waals surface area contributed by atoms with Crippen LogP contribution in [0.4, 0.5) is 5.82 Å². The first-order chi connectivity index (χ1) is 15.5. The summed E-state index contributed by atoms with van der Waals surface area (Å²) < 4.78 is 5.33. The Hall–Kier alpha value is -2.31. The van der Waals surface area contributed by atoms with Gasteiger partial charge in [-0.05, 0) is 50.0 Å². The third kappa shape index (κ3) is 5.18. The molecule has 2 heterocycles. The van der Waals surface area contributed by atoms with Crippen LogP contribution in [0.3, 0.4) is 0 Å². The van der Waals surface area contributed by atoms with E-state index in [-0.39, 0.29) is 5.91 Å². The number of methoxy groups -OCH3 is 1. The van der Waals surface area contributed by atoms with Crippen molar-refractivity contribution in [1.29, 1.82) is 0 Å². The number of amides is 1. The zero-order valence-corrected chi connectivity index (χ0v) is 19.7. The van der Waals surface area contributed by atoms with E-state index in [1.807, 2.05) is 12.1 Å². The molecular formula is C25H39N5O2. The number of hydrogen-bond acceptors (Lipinski definition) is 6. The zero-order chi connectivity index (χ0) is 22.6. The summed E-state index contributed by atoms with van der Waals surface area (Å²) in [5.41, 5.74) is 5.47. The third-order valence-corrected chi connectivity index (χ3v) is 7.79. The highest BCUT2D eigenvalue weighted by molar-refractivity contribution is 6.06. The molecule has 2 fully saturated rings. The minimum absolute atomic E-state index is 0.0929. The van der Waals surface area contributed by atoms with Crippen LogP contribution in [0.5, 0.6) is 5.75 Å². The quantitative estimate of drug-likeness (QED) is 0.626. The van der Waals surface area contributed by atoms with Gasteiger partial charge in [0, 0.05) is 25.4 Å². The third-order valence-electron chi connectivity index (χ3n) is 7.79. The van der Waals surface area contributed by atoms with Crippen LogP contribution in [0.1, 0.15) is 77.0 Å². The van der Waals surface area contributed by atoms with Crippen LogP contribution in [-0.2, 0) is 4.79 Å². The van der Waals surface area contributed by atoms with Crippen LogP contribution in [0, 0.1) is 11.8 Å². The van der Waals surface area contributed by atoms with E-state index >= 15 is 0 Å². The molecule has 1 aliphatic heterocycles. The van der Waals surface area contributed by atoms with Crippen molar-refractivity contribution in [2.24, 2.45) is 22.6 Å². The van der Waals surface area contributed by atoms with Crippen LogP contribution in [-0.4, -0.2) is 47.5 Å². The zero-order valence-electron chi connectivity index (χ0n) is 19.7. The topological polar surface area (TPSA) is 92.8 Å². The second-order valence-corrected chi connectivity index (χ2v) is 10.1. The average molecular weight is 442 g/mol. The van der Waals surface area contributed by atoms with E-state index in [4.69, 9.17) is 15.5 Å². The summed E-state index contributed by atoms with van der Waals surface area (Å²) >= 11 is 0. The van der Waals surface area contributed by atoms with Gasteiger partial charge < -0.3 is 15.8 Å². The smallest absolute Gasteiger partial charge is 0.257 e. The van der Waals surface area contributed by atoms with Crippen molar-refractivity contribution < 1.29 is 9.53 Å². The summed E-state index contributed by atoms with van der Waals surface area (Å²) in [6.07, 6.45) is 15.5. The van der Waals surface area contributed by atoms with E-state index in [9.17, 15) is 4.79 Å². The monoisotopic (exact) mass is 441 g/mol. The number of nitrogens with one attached hydrogen (secondary N) is 1. The molecule has 0 aromatic carbocycles. The fourth-order valence-electron chi connectivity index (χ4n) is 5.99. The molecule has 7 heteroatoms. The highest BCUT2D eigenvalue weighted by Crippen LogP contribution is 2.40. The molecule has 4 rings (SSSR count). The normalized spacial score (nSPS) is 29.1. The molecule has 7 nitrogen and oxygen atoms in total. The fraction of sp³-hybridized carbons (Fsp3) is 0.720. The van der Waals surface area contributed by atoms with Gasteiger partial charge in [-0.3, -0.25) is 9.69 Å². The SMILES string of the molecule is COc1ccnc(N[C@@H]2CCC[C@H](C[C@@]3(CCC4CCCCC4)N=C(N)N(C)C3=O)C2)c1. The number of rotatable bonds is 8. The van der Waals surface area contributed by atoms with Gasteiger partial charge in [0.2, 0.25) is 0 Å². The number of likely N-dealkylation sites (N-methyl/N-ethyl adjacent to an activating group) is 1. The van der Waals surface area contributed by atoms with Gasteiger partial charge in [-0.15, -0.1) is 0 Å². The Balaban J connectivity index is 1.42. The molecule has 32 heavy (non-hydrogen) atoms. The Morgan fingerprint density at radius 1 is 1.19 bits per heavy atom. The summed E-state index contributed by atoms with van der Waals surface area (Å²) in [4.78, 5) is 24.1. The number of guanidine groups is 1. The van der Waals surface area contributed by atoms with Crippen LogP contribution < -0.4 is 15.8 Å². The molecule has 0 spiro atoms. The number of nitrogens with two attached hydrogens (primary N) is 1. The minimum atomic E-state index is -0.670. The molecule has 3 aliphatic rings. The largest absolute Gasteiger partial charge is 0.497 e. The number of anilines is 1. The van der Waals surface area contributed by atoms with E-state index in [0.29, 0.717) is 17.9 Å². The van der Waals surface area contributed by atoms with Crippen molar-refractivity contribution >= 4 is 17.7 Å². The summed E-state index contributed by atoms with van der Waals surface area (Å²) in [7, 11) is 3.44. The predicted octanol–water partition coefficient (Wildman–Crippen LogP) is 4.34. The minimum Gasteiger partial charge on any atom is -0.497 e. The van der Waals surface area contributed by atoms with Gasteiger partial charge in [0.1, 0.15) is 17.1 Å². The lowest BCUT2D eigenvalue weighted by Crippen LogP contribution is -2.44. The first-order valence-corrected chi connectivity index (χ1v) is 12.4. The van der Waals surface area contributed by atoms with E-state index in [0.717, 1.165) is 62.4 Å². The Kier molecular flexibility index (Phi) is 7.21. The number of ether oxygens (including phenoxy) is 1. The first-order valence-electron chi connectivity index (χ1n) is 12.4. The molecule has 1 amide bonds. The van der Waals surface area contributed by atoms with Gasteiger partial charge in [-0.25, -0.2) is 9.98 Å². The number of aliphatic imine (C=N–C) groups is 1. The maximum Gasteiger partial charge on any atom is 0.257 e. The number of hydrogen-bond donors (Lipinski definition) is 2. The second-order valence-electron chi connectivity index (χ2n) is 10.1. The van der Waals surface area contributed by atoms with Crippen LogP contribution in [0.25, 0.3) is 0 Å². The van der Waals surface area contributed by atoms with Crippen molar-refractivity contribution in [3.8, 4) is 5.75 Å². The van der Waals surface area contributed by atoms with Gasteiger partial charge in [0.15, 0.2) is 5.96 Å². The molecule has 3 atom stereocenters. The summed E-state index contributed by atoms with van der Waals surface area (Å²) in [5.74, 6) is 3.31. The van der Waals surface area contributed by atoms with Crippen LogP contribution in [0.2, 0.25) is 0 Å². The van der Waals surface area contributed by atoms with E-state index in [2.05, 4.69) is 10.3 Å². The maximum absolute atomic E-state index is 13.3. The predicted molar refractivity (Wildman–Crippen MR) is 128 cm³/mol. The molecule has 0 bridgehead atoms. The Morgan fingerprint density at radius 3 is 2.69 bits per heavy atom. The van der Waals surface area contributed by atoms with Crippen molar-refractivity contribution in [3.05, 3.63) is 18.3 Å².